The maximum absolute atomic E-state index is 12.9. The van der Waals surface area contributed by atoms with Gasteiger partial charge in [0, 0.05) is 12.5 Å². The summed E-state index contributed by atoms with van der Waals surface area (Å²) in [5, 5.41) is 0.261. The third kappa shape index (κ3) is 9.88. The molecular formula is C29H56O3Si. The normalized spacial score (nSPS) is 24.2. The van der Waals surface area contributed by atoms with E-state index in [0.29, 0.717) is 23.7 Å². The number of hydrogen-bond donors (Lipinski definition) is 0. The van der Waals surface area contributed by atoms with Crippen LogP contribution < -0.4 is 0 Å². The molecule has 0 aromatic carbocycles. The molecule has 0 aromatic heterocycles. The van der Waals surface area contributed by atoms with Gasteiger partial charge in [-0.15, -0.1) is 0 Å². The van der Waals surface area contributed by atoms with Crippen molar-refractivity contribution < 1.29 is 14.0 Å². The molecule has 0 radical (unpaired) electrons. The highest BCUT2D eigenvalue weighted by Gasteiger charge is 2.39. The third-order valence-corrected chi connectivity index (χ3v) is 12.6. The molecule has 4 heteroatoms. The highest BCUT2D eigenvalue weighted by Crippen LogP contribution is 2.42. The second-order valence-corrected chi connectivity index (χ2v) is 18.5. The first-order valence-corrected chi connectivity index (χ1v) is 16.4. The second kappa shape index (κ2) is 12.4. The van der Waals surface area contributed by atoms with Gasteiger partial charge in [-0.3, -0.25) is 4.79 Å². The van der Waals surface area contributed by atoms with Crippen molar-refractivity contribution in [2.45, 2.75) is 132 Å². The lowest BCUT2D eigenvalue weighted by molar-refractivity contribution is -0.161. The van der Waals surface area contributed by atoms with Crippen molar-refractivity contribution in [2.24, 2.45) is 29.1 Å². The fraction of sp³-hybridized carbons (Fsp3) is 0.897. The number of ether oxygens (including phenoxy) is 1. The molecule has 0 N–H and O–H groups in total. The van der Waals surface area contributed by atoms with Crippen LogP contribution in [0.2, 0.25) is 18.1 Å². The SMILES string of the molecule is C/C(=C\[C@H](OC(=O)C(C)(C)C)[C@@H]1C[C@H](C)CC[C@H]1C(C)C)CCCCO[Si](C)(C)C(C)(C)C. The molecule has 0 aromatic rings. The number of esters is 1. The first kappa shape index (κ1) is 30.4. The van der Waals surface area contributed by atoms with Gasteiger partial charge in [0.15, 0.2) is 8.32 Å². The van der Waals surface area contributed by atoms with E-state index in [2.05, 4.69) is 67.6 Å². The van der Waals surface area contributed by atoms with E-state index in [0.717, 1.165) is 32.3 Å². The van der Waals surface area contributed by atoms with E-state index >= 15 is 0 Å². The van der Waals surface area contributed by atoms with Gasteiger partial charge < -0.3 is 9.16 Å². The molecule has 1 aliphatic carbocycles. The fourth-order valence-electron chi connectivity index (χ4n) is 4.61. The smallest absolute Gasteiger partial charge is 0.311 e. The topological polar surface area (TPSA) is 35.5 Å². The van der Waals surface area contributed by atoms with E-state index < -0.39 is 13.7 Å². The Balaban J connectivity index is 2.85. The molecule has 0 amide bonds. The van der Waals surface area contributed by atoms with Crippen LogP contribution in [0.1, 0.15) is 108 Å². The summed E-state index contributed by atoms with van der Waals surface area (Å²) in [7, 11) is -1.66. The van der Waals surface area contributed by atoms with Crippen LogP contribution in [-0.4, -0.2) is 27.0 Å². The Morgan fingerprint density at radius 2 is 1.64 bits per heavy atom. The summed E-state index contributed by atoms with van der Waals surface area (Å²) in [6.45, 7) is 27.5. The summed E-state index contributed by atoms with van der Waals surface area (Å²) in [6.07, 6.45) is 9.09. The summed E-state index contributed by atoms with van der Waals surface area (Å²) in [5.41, 5.74) is 0.865. The Bertz CT molecular complexity index is 636. The van der Waals surface area contributed by atoms with Crippen LogP contribution in [0, 0.1) is 29.1 Å². The summed E-state index contributed by atoms with van der Waals surface area (Å²) in [4.78, 5) is 12.9. The van der Waals surface area contributed by atoms with Crippen molar-refractivity contribution in [1.29, 1.82) is 0 Å². The molecular weight excluding hydrogens is 424 g/mol. The molecule has 33 heavy (non-hydrogen) atoms. The second-order valence-electron chi connectivity index (χ2n) is 13.7. The lowest BCUT2D eigenvalue weighted by Crippen LogP contribution is -2.40. The zero-order valence-electron chi connectivity index (χ0n) is 24.1. The predicted molar refractivity (Wildman–Crippen MR) is 145 cm³/mol. The van der Waals surface area contributed by atoms with Crippen LogP contribution in [0.5, 0.6) is 0 Å². The van der Waals surface area contributed by atoms with Crippen LogP contribution in [0.25, 0.3) is 0 Å². The Morgan fingerprint density at radius 3 is 2.15 bits per heavy atom. The highest BCUT2D eigenvalue weighted by molar-refractivity contribution is 6.74. The first-order chi connectivity index (χ1) is 15.0. The zero-order chi connectivity index (χ0) is 25.6. The van der Waals surface area contributed by atoms with Gasteiger partial charge in [-0.25, -0.2) is 0 Å². The van der Waals surface area contributed by atoms with Gasteiger partial charge in [0.1, 0.15) is 6.10 Å². The minimum Gasteiger partial charge on any atom is -0.457 e. The van der Waals surface area contributed by atoms with E-state index in [9.17, 15) is 4.79 Å². The van der Waals surface area contributed by atoms with Gasteiger partial charge in [0.25, 0.3) is 0 Å². The molecule has 0 aliphatic heterocycles. The Labute approximate surface area is 207 Å². The number of rotatable bonds is 10. The van der Waals surface area contributed by atoms with Crippen LogP contribution in [0.3, 0.4) is 0 Å². The molecule has 1 saturated carbocycles. The van der Waals surface area contributed by atoms with Gasteiger partial charge in [-0.2, -0.15) is 0 Å². The average Bonchev–Trinajstić information content (AvgIpc) is 2.65. The van der Waals surface area contributed by atoms with Gasteiger partial charge in [0.05, 0.1) is 5.41 Å². The molecule has 0 unspecified atom stereocenters. The molecule has 0 saturated heterocycles. The number of hydrogen-bond acceptors (Lipinski definition) is 3. The van der Waals surface area contributed by atoms with Crippen molar-refractivity contribution in [3.63, 3.8) is 0 Å². The van der Waals surface area contributed by atoms with Gasteiger partial charge in [0.2, 0.25) is 0 Å². The number of carbonyl (C=O) groups excluding carboxylic acids is 1. The first-order valence-electron chi connectivity index (χ1n) is 13.5. The Hall–Kier alpha value is -0.613. The molecule has 0 heterocycles. The van der Waals surface area contributed by atoms with Crippen molar-refractivity contribution in [1.82, 2.24) is 0 Å². The van der Waals surface area contributed by atoms with E-state index in [4.69, 9.17) is 9.16 Å². The molecule has 1 aliphatic rings. The van der Waals surface area contributed by atoms with E-state index in [-0.39, 0.29) is 17.1 Å². The molecule has 0 bridgehead atoms. The van der Waals surface area contributed by atoms with Crippen molar-refractivity contribution in [3.8, 4) is 0 Å². The monoisotopic (exact) mass is 480 g/mol. The van der Waals surface area contributed by atoms with E-state index in [1.54, 1.807) is 0 Å². The summed E-state index contributed by atoms with van der Waals surface area (Å²) in [6, 6.07) is 0. The van der Waals surface area contributed by atoms with Crippen LogP contribution >= 0.6 is 0 Å². The minimum absolute atomic E-state index is 0.0833. The molecule has 194 valence electrons. The van der Waals surface area contributed by atoms with Crippen LogP contribution in [-0.2, 0) is 14.0 Å². The molecule has 0 spiro atoms. The maximum atomic E-state index is 12.9. The predicted octanol–water partition coefficient (Wildman–Crippen LogP) is 8.79. The van der Waals surface area contributed by atoms with Gasteiger partial charge in [-0.1, -0.05) is 53.5 Å². The van der Waals surface area contributed by atoms with Gasteiger partial charge >= 0.3 is 5.97 Å². The van der Waals surface area contributed by atoms with Crippen LogP contribution in [0.4, 0.5) is 0 Å². The number of allylic oxidation sites excluding steroid dienone is 1. The Kier molecular flexibility index (Phi) is 11.4. The van der Waals surface area contributed by atoms with Crippen LogP contribution in [0.15, 0.2) is 11.6 Å². The van der Waals surface area contributed by atoms with E-state index in [1.807, 2.05) is 20.8 Å². The summed E-state index contributed by atoms with van der Waals surface area (Å²) >= 11 is 0. The number of unbranched alkanes of at least 4 members (excludes halogenated alkanes) is 1. The minimum atomic E-state index is -1.66. The molecule has 3 nitrogen and oxygen atoms in total. The lowest BCUT2D eigenvalue weighted by Gasteiger charge is -2.41. The van der Waals surface area contributed by atoms with Crippen molar-refractivity contribution in [3.05, 3.63) is 11.6 Å². The quantitative estimate of drug-likeness (QED) is 0.136. The summed E-state index contributed by atoms with van der Waals surface area (Å²) < 4.78 is 12.6. The van der Waals surface area contributed by atoms with E-state index in [1.165, 1.54) is 18.4 Å². The van der Waals surface area contributed by atoms with Crippen molar-refractivity contribution in [2.75, 3.05) is 6.61 Å². The molecule has 1 fully saturated rings. The Morgan fingerprint density at radius 1 is 1.03 bits per heavy atom. The largest absolute Gasteiger partial charge is 0.457 e. The standard InChI is InChI=1S/C29H56O3Si/c1-21(2)24-17-16-23(4)19-25(24)26(32-27(30)28(5,6)7)20-22(3)15-13-14-18-31-33(11,12)29(8,9)10/h20-21,23-26H,13-19H2,1-12H3/b22-20+/t23-,24+,25-,26+/m1/s1. The fourth-order valence-corrected chi connectivity index (χ4v) is 5.70. The molecule has 1 rings (SSSR count). The van der Waals surface area contributed by atoms with Gasteiger partial charge in [-0.05, 0) is 102 Å². The van der Waals surface area contributed by atoms with Crippen molar-refractivity contribution >= 4 is 14.3 Å². The maximum Gasteiger partial charge on any atom is 0.311 e. The zero-order valence-corrected chi connectivity index (χ0v) is 25.1. The highest BCUT2D eigenvalue weighted by atomic mass is 28.4. The lowest BCUT2D eigenvalue weighted by atomic mass is 9.67. The third-order valence-electron chi connectivity index (χ3n) is 8.03. The average molecular weight is 481 g/mol. The molecule has 4 atom stereocenters. The summed E-state index contributed by atoms with van der Waals surface area (Å²) in [5.74, 6) is 2.25. The number of carbonyl (C=O) groups is 1.